The maximum absolute atomic E-state index is 12.4. The molecule has 0 atom stereocenters. The molecule has 0 fully saturated rings. The summed E-state index contributed by atoms with van der Waals surface area (Å²) in [5.74, 6) is -0.379. The summed E-state index contributed by atoms with van der Waals surface area (Å²) >= 11 is 0. The number of aromatic amines is 1. The maximum atomic E-state index is 12.4. The van der Waals surface area contributed by atoms with Crippen LogP contribution >= 0.6 is 0 Å². The molecular formula is C14H11F2N5O2. The van der Waals surface area contributed by atoms with Crippen LogP contribution in [-0.4, -0.2) is 25.7 Å². The van der Waals surface area contributed by atoms with Crippen molar-refractivity contribution in [3.63, 3.8) is 0 Å². The molecule has 2 heterocycles. The lowest BCUT2D eigenvalue weighted by Crippen LogP contribution is -2.26. The molecule has 3 rings (SSSR count). The molecule has 0 radical (unpaired) electrons. The predicted molar refractivity (Wildman–Crippen MR) is 77.0 cm³/mol. The van der Waals surface area contributed by atoms with Crippen LogP contribution in [0.15, 0.2) is 41.3 Å². The Kier molecular flexibility index (Phi) is 3.83. The van der Waals surface area contributed by atoms with Gasteiger partial charge in [0.2, 0.25) is 0 Å². The summed E-state index contributed by atoms with van der Waals surface area (Å²) in [6.07, 6.45) is 1.01. The number of carbonyl (C=O) groups excluding carboxylic acids is 1. The lowest BCUT2D eigenvalue weighted by molar-refractivity contribution is 0.0560. The largest absolute Gasteiger partial charge is 0.343 e. The van der Waals surface area contributed by atoms with Gasteiger partial charge in [0.25, 0.3) is 11.5 Å². The van der Waals surface area contributed by atoms with E-state index in [1.807, 2.05) is 0 Å². The highest BCUT2D eigenvalue weighted by Crippen LogP contribution is 2.09. The number of hydrogen-bond donors (Lipinski definition) is 2. The van der Waals surface area contributed by atoms with E-state index in [9.17, 15) is 18.4 Å². The topological polar surface area (TPSA) is 92.7 Å². The van der Waals surface area contributed by atoms with Gasteiger partial charge in [-0.3, -0.25) is 9.59 Å². The molecule has 0 aliphatic carbocycles. The van der Waals surface area contributed by atoms with Gasteiger partial charge in [0.05, 0.1) is 17.4 Å². The molecule has 2 N–H and O–H groups in total. The van der Waals surface area contributed by atoms with Crippen molar-refractivity contribution in [2.75, 3.05) is 0 Å². The van der Waals surface area contributed by atoms with Gasteiger partial charge in [-0.2, -0.15) is 13.9 Å². The third-order valence-electron chi connectivity index (χ3n) is 3.12. The molecule has 0 saturated heterocycles. The van der Waals surface area contributed by atoms with Crippen LogP contribution in [0.2, 0.25) is 0 Å². The molecule has 1 aromatic carbocycles. The lowest BCUT2D eigenvalue weighted by Gasteiger charge is -2.04. The Labute approximate surface area is 128 Å². The van der Waals surface area contributed by atoms with Gasteiger partial charge in [0.15, 0.2) is 0 Å². The van der Waals surface area contributed by atoms with Gasteiger partial charge in [0.1, 0.15) is 11.5 Å². The number of benzene rings is 1. The number of rotatable bonds is 4. The van der Waals surface area contributed by atoms with E-state index in [0.717, 1.165) is 6.20 Å². The van der Waals surface area contributed by atoms with Crippen molar-refractivity contribution >= 4 is 16.8 Å². The van der Waals surface area contributed by atoms with Gasteiger partial charge in [-0.25, -0.2) is 9.67 Å². The molecule has 9 heteroatoms. The number of nitrogens with zero attached hydrogens (tertiary/aromatic N) is 3. The van der Waals surface area contributed by atoms with Gasteiger partial charge in [-0.15, -0.1) is 0 Å². The molecule has 2 aromatic heterocycles. The Morgan fingerprint density at radius 1 is 1.30 bits per heavy atom. The Morgan fingerprint density at radius 2 is 2.09 bits per heavy atom. The second-order valence-corrected chi connectivity index (χ2v) is 4.67. The Balaban J connectivity index is 1.75. The number of halogens is 2. The number of alkyl halides is 2. The van der Waals surface area contributed by atoms with Gasteiger partial charge in [0, 0.05) is 6.20 Å². The van der Waals surface area contributed by atoms with Gasteiger partial charge < -0.3 is 10.3 Å². The number of amides is 1. The minimum absolute atomic E-state index is 0.0551. The van der Waals surface area contributed by atoms with Gasteiger partial charge in [-0.1, -0.05) is 12.1 Å². The molecule has 0 spiro atoms. The first kappa shape index (κ1) is 14.8. The SMILES string of the molecule is O=C(NCc1nc2ccccc2c(=O)[nH]1)c1ccn(C(F)F)n1. The number of H-pyrrole nitrogens is 1. The summed E-state index contributed by atoms with van der Waals surface area (Å²) in [6.45, 7) is -2.87. The highest BCUT2D eigenvalue weighted by molar-refractivity contribution is 5.92. The predicted octanol–water partition coefficient (Wildman–Crippen LogP) is 1.44. The second kappa shape index (κ2) is 5.95. The smallest absolute Gasteiger partial charge is 0.333 e. The summed E-state index contributed by atoms with van der Waals surface area (Å²) < 4.78 is 25.2. The molecule has 0 bridgehead atoms. The summed E-state index contributed by atoms with van der Waals surface area (Å²) in [7, 11) is 0. The van der Waals surface area contributed by atoms with E-state index in [2.05, 4.69) is 20.4 Å². The molecular weight excluding hydrogens is 308 g/mol. The summed E-state index contributed by atoms with van der Waals surface area (Å²) in [6, 6.07) is 7.97. The molecule has 0 unspecified atom stereocenters. The molecule has 0 saturated carbocycles. The van der Waals surface area contributed by atoms with E-state index in [0.29, 0.717) is 15.6 Å². The zero-order chi connectivity index (χ0) is 16.4. The van der Waals surface area contributed by atoms with Crippen LogP contribution in [0.5, 0.6) is 0 Å². The summed E-state index contributed by atoms with van der Waals surface area (Å²) in [5, 5.41) is 6.36. The van der Waals surface area contributed by atoms with E-state index in [1.165, 1.54) is 6.07 Å². The number of hydrogen-bond acceptors (Lipinski definition) is 4. The van der Waals surface area contributed by atoms with E-state index in [1.54, 1.807) is 24.3 Å². The normalized spacial score (nSPS) is 11.1. The standard InChI is InChI=1S/C14H11F2N5O2/c15-14(16)21-6-5-10(20-21)13(23)17-7-11-18-9-4-2-1-3-8(9)12(22)19-11/h1-6,14H,7H2,(H,17,23)(H,18,19,22). The first-order chi connectivity index (χ1) is 11.0. The zero-order valence-electron chi connectivity index (χ0n) is 11.7. The van der Waals surface area contributed by atoms with Crippen molar-refractivity contribution in [1.29, 1.82) is 0 Å². The van der Waals surface area contributed by atoms with Crippen molar-refractivity contribution in [1.82, 2.24) is 25.1 Å². The quantitative estimate of drug-likeness (QED) is 0.761. The number of fused-ring (bicyclic) bond motifs is 1. The molecule has 0 aliphatic rings. The highest BCUT2D eigenvalue weighted by atomic mass is 19.3. The van der Waals surface area contributed by atoms with Crippen LogP contribution in [0.25, 0.3) is 10.9 Å². The van der Waals surface area contributed by atoms with Crippen molar-refractivity contribution < 1.29 is 13.6 Å². The van der Waals surface area contributed by atoms with E-state index >= 15 is 0 Å². The van der Waals surface area contributed by atoms with E-state index in [-0.39, 0.29) is 23.6 Å². The summed E-state index contributed by atoms with van der Waals surface area (Å²) in [5.41, 5.74) is 0.0396. The minimum Gasteiger partial charge on any atom is -0.343 e. The van der Waals surface area contributed by atoms with Crippen LogP contribution in [0.3, 0.4) is 0 Å². The van der Waals surface area contributed by atoms with Gasteiger partial charge >= 0.3 is 6.55 Å². The Bertz CT molecular complexity index is 919. The number of carbonyl (C=O) groups is 1. The Morgan fingerprint density at radius 3 is 2.83 bits per heavy atom. The van der Waals surface area contributed by atoms with Crippen LogP contribution < -0.4 is 10.9 Å². The third-order valence-corrected chi connectivity index (χ3v) is 3.12. The first-order valence-electron chi connectivity index (χ1n) is 6.64. The van der Waals surface area contributed by atoms with Crippen molar-refractivity contribution in [2.45, 2.75) is 13.1 Å². The van der Waals surface area contributed by atoms with Gasteiger partial charge in [-0.05, 0) is 18.2 Å². The van der Waals surface area contributed by atoms with Crippen LogP contribution in [0.4, 0.5) is 8.78 Å². The molecule has 3 aromatic rings. The molecule has 7 nitrogen and oxygen atoms in total. The summed E-state index contributed by atoms with van der Waals surface area (Å²) in [4.78, 5) is 30.5. The fourth-order valence-electron chi connectivity index (χ4n) is 2.04. The second-order valence-electron chi connectivity index (χ2n) is 4.67. The van der Waals surface area contributed by atoms with E-state index < -0.39 is 12.5 Å². The van der Waals surface area contributed by atoms with Crippen molar-refractivity contribution in [3.05, 3.63) is 58.4 Å². The minimum atomic E-state index is -2.81. The average Bonchev–Trinajstić information content (AvgIpc) is 3.03. The van der Waals surface area contributed by atoms with E-state index in [4.69, 9.17) is 0 Å². The maximum Gasteiger partial charge on any atom is 0.333 e. The van der Waals surface area contributed by atoms with Crippen LogP contribution in [0, 0.1) is 0 Å². The number of para-hydroxylation sites is 1. The fraction of sp³-hybridized carbons (Fsp3) is 0.143. The van der Waals surface area contributed by atoms with Crippen molar-refractivity contribution in [2.24, 2.45) is 0 Å². The van der Waals surface area contributed by atoms with Crippen LogP contribution in [0.1, 0.15) is 22.9 Å². The molecule has 0 aliphatic heterocycles. The monoisotopic (exact) mass is 319 g/mol. The highest BCUT2D eigenvalue weighted by Gasteiger charge is 2.13. The molecule has 23 heavy (non-hydrogen) atoms. The average molecular weight is 319 g/mol. The first-order valence-corrected chi connectivity index (χ1v) is 6.64. The molecule has 118 valence electrons. The zero-order valence-corrected chi connectivity index (χ0v) is 11.7. The lowest BCUT2D eigenvalue weighted by atomic mass is 10.2. The molecule has 1 amide bonds. The van der Waals surface area contributed by atoms with Crippen LogP contribution in [-0.2, 0) is 6.54 Å². The number of aromatic nitrogens is 4. The van der Waals surface area contributed by atoms with Crippen molar-refractivity contribution in [3.8, 4) is 0 Å². The number of nitrogens with one attached hydrogen (secondary N) is 2. The fourth-order valence-corrected chi connectivity index (χ4v) is 2.04. The third kappa shape index (κ3) is 3.07. The Hall–Kier alpha value is -3.10.